The zero-order valence-corrected chi connectivity index (χ0v) is 14.8. The van der Waals surface area contributed by atoms with Gasteiger partial charge >= 0.3 is 0 Å². The molecule has 0 aliphatic heterocycles. The monoisotopic (exact) mass is 383 g/mol. The molecule has 0 saturated heterocycles. The second-order valence-electron chi connectivity index (χ2n) is 5.50. The maximum atomic E-state index is 12.9. The fraction of sp³-hybridized carbons (Fsp3) is 0. The Kier molecular flexibility index (Phi) is 4.32. The summed E-state index contributed by atoms with van der Waals surface area (Å²) in [5.74, 6) is 0.965. The molecule has 0 spiro atoms. The van der Waals surface area contributed by atoms with Crippen molar-refractivity contribution in [2.75, 3.05) is 0 Å². The van der Waals surface area contributed by atoms with Crippen molar-refractivity contribution in [1.82, 2.24) is 15.2 Å². The van der Waals surface area contributed by atoms with Crippen LogP contribution in [0.1, 0.15) is 15.9 Å². The van der Waals surface area contributed by atoms with E-state index in [1.165, 1.54) is 6.20 Å². The lowest BCUT2D eigenvalue weighted by molar-refractivity contribution is 0.104. The molecule has 128 valence electrons. The highest BCUT2D eigenvalue weighted by molar-refractivity contribution is 6.38. The Bertz CT molecular complexity index is 1110. The van der Waals surface area contributed by atoms with Crippen molar-refractivity contribution in [3.8, 4) is 11.5 Å². The number of carbonyl (C=O) groups is 1. The number of rotatable bonds is 4. The van der Waals surface area contributed by atoms with E-state index in [4.69, 9.17) is 27.9 Å². The number of benzene rings is 2. The molecule has 0 amide bonds. The van der Waals surface area contributed by atoms with Crippen LogP contribution in [0.25, 0.3) is 11.0 Å². The van der Waals surface area contributed by atoms with Gasteiger partial charge in [0.2, 0.25) is 0 Å². The number of aromatic amines is 1. The lowest BCUT2D eigenvalue weighted by Crippen LogP contribution is -2.02. The Balaban J connectivity index is 1.68. The summed E-state index contributed by atoms with van der Waals surface area (Å²) in [6, 6.07) is 14.3. The van der Waals surface area contributed by atoms with Gasteiger partial charge in [0.1, 0.15) is 11.5 Å². The van der Waals surface area contributed by atoms with Crippen molar-refractivity contribution in [3.05, 3.63) is 82.1 Å². The summed E-state index contributed by atoms with van der Waals surface area (Å²) in [4.78, 5) is 15.8. The summed E-state index contributed by atoms with van der Waals surface area (Å²) in [6.07, 6.45) is 2.95. The van der Waals surface area contributed by atoms with E-state index in [0.29, 0.717) is 38.7 Å². The Morgan fingerprint density at radius 2 is 1.77 bits per heavy atom. The van der Waals surface area contributed by atoms with Crippen LogP contribution in [0.5, 0.6) is 11.5 Å². The number of hydrogen-bond acceptors (Lipinski definition) is 4. The van der Waals surface area contributed by atoms with Crippen molar-refractivity contribution in [2.45, 2.75) is 0 Å². The average molecular weight is 384 g/mol. The summed E-state index contributed by atoms with van der Waals surface area (Å²) in [6.45, 7) is 0. The van der Waals surface area contributed by atoms with Crippen molar-refractivity contribution in [3.63, 3.8) is 0 Å². The van der Waals surface area contributed by atoms with E-state index in [0.717, 1.165) is 0 Å². The molecular weight excluding hydrogens is 373 g/mol. The second-order valence-corrected chi connectivity index (χ2v) is 6.32. The minimum atomic E-state index is -0.262. The van der Waals surface area contributed by atoms with Gasteiger partial charge < -0.3 is 9.72 Å². The average Bonchev–Trinajstić information content (AvgIpc) is 3.08. The van der Waals surface area contributed by atoms with E-state index < -0.39 is 0 Å². The number of ether oxygens (including phenoxy) is 1. The van der Waals surface area contributed by atoms with Crippen LogP contribution in [-0.4, -0.2) is 21.0 Å². The number of fused-ring (bicyclic) bond motifs is 1. The number of carbonyl (C=O) groups excluding carboxylic acids is 1. The number of hydrogen-bond donors (Lipinski definition) is 1. The SMILES string of the molecule is O=C(c1ccc(Oc2ccccc2)cc1Cl)c1c[nH]c2nncc(Cl)c12. The molecule has 26 heavy (non-hydrogen) atoms. The maximum Gasteiger partial charge on any atom is 0.196 e. The lowest BCUT2D eigenvalue weighted by Gasteiger charge is -2.08. The minimum Gasteiger partial charge on any atom is -0.457 e. The largest absolute Gasteiger partial charge is 0.457 e. The zero-order valence-electron chi connectivity index (χ0n) is 13.2. The highest BCUT2D eigenvalue weighted by Gasteiger charge is 2.20. The number of halogens is 2. The van der Waals surface area contributed by atoms with Gasteiger partial charge in [-0.05, 0) is 24.3 Å². The molecule has 0 aliphatic carbocycles. The van der Waals surface area contributed by atoms with Gasteiger partial charge in [0, 0.05) is 17.8 Å². The van der Waals surface area contributed by atoms with Gasteiger partial charge in [-0.15, -0.1) is 5.10 Å². The van der Waals surface area contributed by atoms with Crippen molar-refractivity contribution < 1.29 is 9.53 Å². The van der Waals surface area contributed by atoms with Gasteiger partial charge in [-0.3, -0.25) is 4.79 Å². The zero-order chi connectivity index (χ0) is 18.1. The highest BCUT2D eigenvalue weighted by atomic mass is 35.5. The summed E-state index contributed by atoms with van der Waals surface area (Å²) >= 11 is 12.5. The topological polar surface area (TPSA) is 67.9 Å². The van der Waals surface area contributed by atoms with Gasteiger partial charge in [-0.25, -0.2) is 0 Å². The van der Waals surface area contributed by atoms with Crippen LogP contribution in [0.2, 0.25) is 10.0 Å². The number of para-hydroxylation sites is 1. The summed E-state index contributed by atoms with van der Waals surface area (Å²) in [5.41, 5.74) is 1.18. The molecule has 0 fully saturated rings. The van der Waals surface area contributed by atoms with Crippen molar-refractivity contribution in [2.24, 2.45) is 0 Å². The fourth-order valence-corrected chi connectivity index (χ4v) is 3.12. The predicted octanol–water partition coefficient (Wildman–Crippen LogP) is 5.29. The van der Waals surface area contributed by atoms with Gasteiger partial charge in [0.25, 0.3) is 0 Å². The summed E-state index contributed by atoms with van der Waals surface area (Å²) in [7, 11) is 0. The van der Waals surface area contributed by atoms with Gasteiger partial charge in [-0.1, -0.05) is 41.4 Å². The van der Waals surface area contributed by atoms with Crippen LogP contribution in [-0.2, 0) is 0 Å². The molecular formula is C19H11Cl2N3O2. The fourth-order valence-electron chi connectivity index (χ4n) is 2.63. The van der Waals surface area contributed by atoms with Gasteiger partial charge in [0.15, 0.2) is 11.4 Å². The Morgan fingerprint density at radius 1 is 0.962 bits per heavy atom. The minimum absolute atomic E-state index is 0.262. The van der Waals surface area contributed by atoms with E-state index in [2.05, 4.69) is 15.2 Å². The highest BCUT2D eigenvalue weighted by Crippen LogP contribution is 2.31. The van der Waals surface area contributed by atoms with E-state index in [-0.39, 0.29) is 10.8 Å². The molecule has 5 nitrogen and oxygen atoms in total. The van der Waals surface area contributed by atoms with E-state index >= 15 is 0 Å². The van der Waals surface area contributed by atoms with Crippen LogP contribution in [0.4, 0.5) is 0 Å². The lowest BCUT2D eigenvalue weighted by atomic mass is 10.0. The molecule has 0 bridgehead atoms. The van der Waals surface area contributed by atoms with Crippen LogP contribution >= 0.6 is 23.2 Å². The van der Waals surface area contributed by atoms with Crippen molar-refractivity contribution in [1.29, 1.82) is 0 Å². The third kappa shape index (κ3) is 3.03. The normalized spacial score (nSPS) is 10.8. The first-order chi connectivity index (χ1) is 12.6. The number of aromatic nitrogens is 3. The predicted molar refractivity (Wildman–Crippen MR) is 100 cm³/mol. The molecule has 0 radical (unpaired) electrons. The summed E-state index contributed by atoms with van der Waals surface area (Å²) < 4.78 is 5.73. The number of nitrogens with zero attached hydrogens (tertiary/aromatic N) is 2. The molecule has 0 aliphatic rings. The third-order valence-corrected chi connectivity index (χ3v) is 4.43. The molecule has 7 heteroatoms. The third-order valence-electron chi connectivity index (χ3n) is 3.84. The quantitative estimate of drug-likeness (QED) is 0.486. The first kappa shape index (κ1) is 16.6. The molecule has 0 saturated carbocycles. The molecule has 2 heterocycles. The standard InChI is InChI=1S/C19H11Cl2N3O2/c20-15-8-12(26-11-4-2-1-3-5-11)6-7-13(15)18(25)14-9-22-19-17(14)16(21)10-23-24-19/h1-10H,(H,22,24). The van der Waals surface area contributed by atoms with Crippen LogP contribution < -0.4 is 4.74 Å². The molecule has 0 unspecified atom stereocenters. The number of H-pyrrole nitrogens is 1. The van der Waals surface area contributed by atoms with E-state index in [1.807, 2.05) is 30.3 Å². The Morgan fingerprint density at radius 3 is 2.54 bits per heavy atom. The maximum absolute atomic E-state index is 12.9. The molecule has 4 rings (SSSR count). The first-order valence-electron chi connectivity index (χ1n) is 7.69. The van der Waals surface area contributed by atoms with Crippen LogP contribution in [0, 0.1) is 0 Å². The Hall–Kier alpha value is -2.89. The smallest absolute Gasteiger partial charge is 0.196 e. The van der Waals surface area contributed by atoms with Crippen molar-refractivity contribution >= 4 is 40.0 Å². The molecule has 4 aromatic rings. The van der Waals surface area contributed by atoms with Gasteiger partial charge in [-0.2, -0.15) is 5.10 Å². The van der Waals surface area contributed by atoms with E-state index in [9.17, 15) is 4.79 Å². The first-order valence-corrected chi connectivity index (χ1v) is 8.44. The summed E-state index contributed by atoms with van der Waals surface area (Å²) in [5, 5.41) is 8.84. The van der Waals surface area contributed by atoms with Crippen LogP contribution in [0.15, 0.2) is 60.9 Å². The molecule has 0 atom stereocenters. The Labute approximate surface area is 158 Å². The van der Waals surface area contributed by atoms with Crippen LogP contribution in [0.3, 0.4) is 0 Å². The second kappa shape index (κ2) is 6.78. The molecule has 1 N–H and O–H groups in total. The molecule has 2 aromatic heterocycles. The van der Waals surface area contributed by atoms with Gasteiger partial charge in [0.05, 0.1) is 27.2 Å². The van der Waals surface area contributed by atoms with E-state index in [1.54, 1.807) is 24.4 Å². The number of ketones is 1. The molecule has 2 aromatic carbocycles. The number of nitrogens with one attached hydrogen (secondary N) is 1.